The molecule has 1 aromatic carbocycles. The molecule has 2 aliphatic rings. The van der Waals surface area contributed by atoms with Crippen LogP contribution < -0.4 is 10.6 Å². The SMILES string of the molecule is COC1CCC(NCC2CCOC2)NC1c1ccc(S(C)(=O)=O)cc1. The Bertz CT molecular complexity index is 656. The Labute approximate surface area is 150 Å². The summed E-state index contributed by atoms with van der Waals surface area (Å²) in [4.78, 5) is 0.344. The minimum Gasteiger partial charge on any atom is -0.381 e. The van der Waals surface area contributed by atoms with E-state index in [2.05, 4.69) is 10.6 Å². The lowest BCUT2D eigenvalue weighted by molar-refractivity contribution is 0.0282. The largest absolute Gasteiger partial charge is 0.381 e. The zero-order valence-corrected chi connectivity index (χ0v) is 15.7. The van der Waals surface area contributed by atoms with Gasteiger partial charge in [0.05, 0.1) is 29.8 Å². The van der Waals surface area contributed by atoms with E-state index >= 15 is 0 Å². The van der Waals surface area contributed by atoms with Gasteiger partial charge < -0.3 is 14.8 Å². The van der Waals surface area contributed by atoms with E-state index in [1.54, 1.807) is 19.2 Å². The van der Waals surface area contributed by atoms with Crippen molar-refractivity contribution in [2.75, 3.05) is 33.1 Å². The Morgan fingerprint density at radius 1 is 1.24 bits per heavy atom. The lowest BCUT2D eigenvalue weighted by Gasteiger charge is -2.38. The molecule has 4 unspecified atom stereocenters. The van der Waals surface area contributed by atoms with Gasteiger partial charge in [-0.1, -0.05) is 12.1 Å². The maximum absolute atomic E-state index is 11.6. The van der Waals surface area contributed by atoms with E-state index in [4.69, 9.17) is 9.47 Å². The van der Waals surface area contributed by atoms with Crippen LogP contribution in [0.1, 0.15) is 30.9 Å². The monoisotopic (exact) mass is 368 g/mol. The molecule has 140 valence electrons. The van der Waals surface area contributed by atoms with Gasteiger partial charge in [0, 0.05) is 26.5 Å². The first-order chi connectivity index (χ1) is 12.0. The number of rotatable bonds is 6. The minimum absolute atomic E-state index is 0.0460. The number of ether oxygens (including phenoxy) is 2. The van der Waals surface area contributed by atoms with Crippen LogP contribution in [0.3, 0.4) is 0 Å². The van der Waals surface area contributed by atoms with Crippen LogP contribution in [0.4, 0.5) is 0 Å². The van der Waals surface area contributed by atoms with E-state index in [0.29, 0.717) is 10.8 Å². The second kappa shape index (κ2) is 8.14. The summed E-state index contributed by atoms with van der Waals surface area (Å²) in [6.07, 6.45) is 4.62. The highest BCUT2D eigenvalue weighted by Gasteiger charge is 2.31. The molecule has 2 aliphatic heterocycles. The molecule has 4 atom stereocenters. The summed E-state index contributed by atoms with van der Waals surface area (Å²) in [6, 6.07) is 7.16. The molecule has 7 heteroatoms. The summed E-state index contributed by atoms with van der Waals surface area (Å²) in [5.41, 5.74) is 1.05. The van der Waals surface area contributed by atoms with Crippen LogP contribution in [0.5, 0.6) is 0 Å². The van der Waals surface area contributed by atoms with Gasteiger partial charge in [-0.3, -0.25) is 5.32 Å². The summed E-state index contributed by atoms with van der Waals surface area (Å²) >= 11 is 0. The first-order valence-electron chi connectivity index (χ1n) is 8.87. The maximum Gasteiger partial charge on any atom is 0.175 e. The Morgan fingerprint density at radius 2 is 2.00 bits per heavy atom. The molecule has 1 aromatic rings. The average molecular weight is 368 g/mol. The normalized spacial score (nSPS) is 30.5. The molecule has 0 saturated carbocycles. The summed E-state index contributed by atoms with van der Waals surface area (Å²) in [7, 11) is -1.44. The van der Waals surface area contributed by atoms with E-state index in [-0.39, 0.29) is 18.3 Å². The van der Waals surface area contributed by atoms with Gasteiger partial charge in [-0.05, 0) is 42.9 Å². The molecule has 6 nitrogen and oxygen atoms in total. The van der Waals surface area contributed by atoms with Gasteiger partial charge in [-0.25, -0.2) is 8.42 Å². The highest BCUT2D eigenvalue weighted by atomic mass is 32.2. The van der Waals surface area contributed by atoms with Crippen molar-refractivity contribution in [2.24, 2.45) is 5.92 Å². The Kier molecular flexibility index (Phi) is 6.12. The number of nitrogens with one attached hydrogen (secondary N) is 2. The van der Waals surface area contributed by atoms with Crippen LogP contribution in [0.15, 0.2) is 29.2 Å². The number of hydrogen-bond donors (Lipinski definition) is 2. The predicted molar refractivity (Wildman–Crippen MR) is 96.2 cm³/mol. The van der Waals surface area contributed by atoms with Crippen LogP contribution in [0.2, 0.25) is 0 Å². The number of benzene rings is 1. The maximum atomic E-state index is 11.6. The predicted octanol–water partition coefficient (Wildman–Crippen LogP) is 1.48. The lowest BCUT2D eigenvalue weighted by Crippen LogP contribution is -2.52. The highest BCUT2D eigenvalue weighted by Crippen LogP contribution is 2.28. The van der Waals surface area contributed by atoms with Crippen LogP contribution in [0, 0.1) is 5.92 Å². The second-order valence-corrected chi connectivity index (χ2v) is 9.04. The molecule has 0 aromatic heterocycles. The third-order valence-electron chi connectivity index (χ3n) is 5.14. The van der Waals surface area contributed by atoms with Crippen molar-refractivity contribution < 1.29 is 17.9 Å². The van der Waals surface area contributed by atoms with Crippen LogP contribution >= 0.6 is 0 Å². The molecule has 0 radical (unpaired) electrons. The topological polar surface area (TPSA) is 76.7 Å². The molecular weight excluding hydrogens is 340 g/mol. The van der Waals surface area contributed by atoms with Crippen molar-refractivity contribution in [3.05, 3.63) is 29.8 Å². The van der Waals surface area contributed by atoms with Crippen molar-refractivity contribution in [1.82, 2.24) is 10.6 Å². The van der Waals surface area contributed by atoms with Crippen LogP contribution in [0.25, 0.3) is 0 Å². The van der Waals surface area contributed by atoms with E-state index in [0.717, 1.165) is 44.6 Å². The van der Waals surface area contributed by atoms with Gasteiger partial charge in [0.2, 0.25) is 0 Å². The Morgan fingerprint density at radius 3 is 2.60 bits per heavy atom. The minimum atomic E-state index is -3.17. The second-order valence-electron chi connectivity index (χ2n) is 7.03. The summed E-state index contributed by atoms with van der Waals surface area (Å²) in [5.74, 6) is 0.592. The van der Waals surface area contributed by atoms with Crippen molar-refractivity contribution in [3.63, 3.8) is 0 Å². The molecule has 0 amide bonds. The standard InChI is InChI=1S/C18H28N2O4S/c1-23-16-7-8-17(19-11-13-9-10-24-12-13)20-18(16)14-3-5-15(6-4-14)25(2,21)22/h3-6,13,16-20H,7-12H2,1-2H3. The van der Waals surface area contributed by atoms with Gasteiger partial charge in [-0.15, -0.1) is 0 Å². The molecule has 3 rings (SSSR count). The molecule has 2 N–H and O–H groups in total. The lowest BCUT2D eigenvalue weighted by atomic mass is 9.93. The quantitative estimate of drug-likeness (QED) is 0.792. The molecule has 25 heavy (non-hydrogen) atoms. The number of piperidine rings is 1. The van der Waals surface area contributed by atoms with Crippen LogP contribution in [-0.2, 0) is 19.3 Å². The van der Waals surface area contributed by atoms with Gasteiger partial charge in [0.25, 0.3) is 0 Å². The van der Waals surface area contributed by atoms with E-state index in [1.807, 2.05) is 12.1 Å². The Balaban J connectivity index is 1.66. The summed E-state index contributed by atoms with van der Waals surface area (Å²) < 4.78 is 34.4. The third-order valence-corrected chi connectivity index (χ3v) is 6.27. The van der Waals surface area contributed by atoms with Gasteiger partial charge in [0.15, 0.2) is 9.84 Å². The molecule has 0 spiro atoms. The van der Waals surface area contributed by atoms with Crippen LogP contribution in [-0.4, -0.2) is 53.8 Å². The first kappa shape index (κ1) is 18.8. The van der Waals surface area contributed by atoms with Crippen molar-refractivity contribution in [1.29, 1.82) is 0 Å². The fourth-order valence-corrected chi connectivity index (χ4v) is 4.24. The van der Waals surface area contributed by atoms with Crippen molar-refractivity contribution in [2.45, 2.75) is 42.5 Å². The molecular formula is C18H28N2O4S. The van der Waals surface area contributed by atoms with Crippen molar-refractivity contribution >= 4 is 9.84 Å². The Hall–Kier alpha value is -0.990. The smallest absolute Gasteiger partial charge is 0.175 e. The fraction of sp³-hybridized carbons (Fsp3) is 0.667. The molecule has 2 fully saturated rings. The van der Waals surface area contributed by atoms with E-state index < -0.39 is 9.84 Å². The molecule has 0 bridgehead atoms. The zero-order chi connectivity index (χ0) is 17.9. The molecule has 2 heterocycles. The molecule has 0 aliphatic carbocycles. The van der Waals surface area contributed by atoms with Gasteiger partial charge >= 0.3 is 0 Å². The number of methoxy groups -OCH3 is 1. The molecule has 2 saturated heterocycles. The average Bonchev–Trinajstić information content (AvgIpc) is 3.12. The highest BCUT2D eigenvalue weighted by molar-refractivity contribution is 7.90. The van der Waals surface area contributed by atoms with E-state index in [9.17, 15) is 8.42 Å². The fourth-order valence-electron chi connectivity index (χ4n) is 3.61. The van der Waals surface area contributed by atoms with Gasteiger partial charge in [0.1, 0.15) is 0 Å². The zero-order valence-electron chi connectivity index (χ0n) is 14.9. The summed E-state index contributed by atoms with van der Waals surface area (Å²) in [6.45, 7) is 2.66. The summed E-state index contributed by atoms with van der Waals surface area (Å²) in [5, 5.41) is 7.23. The van der Waals surface area contributed by atoms with Gasteiger partial charge in [-0.2, -0.15) is 0 Å². The van der Waals surface area contributed by atoms with Crippen molar-refractivity contribution in [3.8, 4) is 0 Å². The third kappa shape index (κ3) is 4.80. The number of sulfone groups is 1. The first-order valence-corrected chi connectivity index (χ1v) is 10.8. The number of hydrogen-bond acceptors (Lipinski definition) is 6. The van der Waals surface area contributed by atoms with E-state index in [1.165, 1.54) is 6.26 Å².